The third kappa shape index (κ3) is 2.80. The maximum absolute atomic E-state index is 12.1. The maximum Gasteiger partial charge on any atom is 0.313 e. The summed E-state index contributed by atoms with van der Waals surface area (Å²) < 4.78 is 0. The van der Waals surface area contributed by atoms with Crippen molar-refractivity contribution >= 4 is 23.6 Å². The summed E-state index contributed by atoms with van der Waals surface area (Å²) in [5.41, 5.74) is -0.843. The molecule has 0 unspecified atom stereocenters. The monoisotopic (exact) mass is 302 g/mol. The van der Waals surface area contributed by atoms with Crippen LogP contribution in [0.1, 0.15) is 6.42 Å². The molecular weight excluding hydrogens is 280 g/mol. The van der Waals surface area contributed by atoms with Gasteiger partial charge in [-0.2, -0.15) is 11.8 Å². The Hall–Kier alpha value is -0.790. The van der Waals surface area contributed by atoms with Crippen LogP contribution in [0.15, 0.2) is 0 Å². The van der Waals surface area contributed by atoms with Crippen molar-refractivity contribution in [1.29, 1.82) is 0 Å². The molecule has 114 valence electrons. The first-order chi connectivity index (χ1) is 9.53. The van der Waals surface area contributed by atoms with Crippen LogP contribution >= 0.6 is 11.8 Å². The number of carbonyl (C=O) groups excluding carboxylic acids is 1. The first-order valence-corrected chi connectivity index (χ1v) is 8.26. The van der Waals surface area contributed by atoms with Crippen LogP contribution in [0.2, 0.25) is 0 Å². The standard InChI is InChI=1S/C13H22N2O4S/c1-20-5-2-11(17)15-7-10-6-14(3-4-16)8-13(10,9-15)12(18)19/h10,16H,2-9H2,1H3,(H,18,19)/t10-,13-/m1/s1. The number of aliphatic hydroxyl groups is 1. The minimum absolute atomic E-state index is 0.0234. The van der Waals surface area contributed by atoms with Crippen molar-refractivity contribution in [1.82, 2.24) is 9.80 Å². The number of amides is 1. The topological polar surface area (TPSA) is 81.1 Å². The molecule has 1 amide bonds. The lowest BCUT2D eigenvalue weighted by atomic mass is 9.81. The largest absolute Gasteiger partial charge is 0.481 e. The fourth-order valence-electron chi connectivity index (χ4n) is 3.32. The summed E-state index contributed by atoms with van der Waals surface area (Å²) in [5.74, 6) is -0.00700. The smallest absolute Gasteiger partial charge is 0.313 e. The first-order valence-electron chi connectivity index (χ1n) is 6.87. The van der Waals surface area contributed by atoms with E-state index in [0.29, 0.717) is 39.1 Å². The number of hydrogen-bond donors (Lipinski definition) is 2. The van der Waals surface area contributed by atoms with Crippen LogP contribution in [0, 0.1) is 11.3 Å². The van der Waals surface area contributed by atoms with Crippen LogP contribution in [0.3, 0.4) is 0 Å². The third-order valence-electron chi connectivity index (χ3n) is 4.39. The average molecular weight is 302 g/mol. The summed E-state index contributed by atoms with van der Waals surface area (Å²) in [5, 5.41) is 18.6. The van der Waals surface area contributed by atoms with E-state index in [4.69, 9.17) is 5.11 Å². The number of thioether (sulfide) groups is 1. The lowest BCUT2D eigenvalue weighted by Crippen LogP contribution is -2.42. The zero-order valence-corrected chi connectivity index (χ0v) is 12.6. The van der Waals surface area contributed by atoms with E-state index < -0.39 is 11.4 Å². The van der Waals surface area contributed by atoms with E-state index >= 15 is 0 Å². The van der Waals surface area contributed by atoms with Crippen LogP contribution in [-0.4, -0.2) is 83.2 Å². The first kappa shape index (κ1) is 15.6. The molecule has 0 spiro atoms. The van der Waals surface area contributed by atoms with Crippen LogP contribution in [0.5, 0.6) is 0 Å². The van der Waals surface area contributed by atoms with E-state index in [0.717, 1.165) is 5.75 Å². The van der Waals surface area contributed by atoms with Crippen LogP contribution < -0.4 is 0 Å². The highest BCUT2D eigenvalue weighted by molar-refractivity contribution is 7.98. The van der Waals surface area contributed by atoms with E-state index in [2.05, 4.69) is 0 Å². The summed E-state index contributed by atoms with van der Waals surface area (Å²) >= 11 is 1.62. The van der Waals surface area contributed by atoms with Gasteiger partial charge in [-0.05, 0) is 6.26 Å². The van der Waals surface area contributed by atoms with E-state index in [1.165, 1.54) is 0 Å². The number of aliphatic hydroxyl groups excluding tert-OH is 1. The Morgan fingerprint density at radius 3 is 2.65 bits per heavy atom. The Balaban J connectivity index is 2.04. The Bertz CT molecular complexity index is 393. The number of nitrogens with zero attached hydrogens (tertiary/aromatic N) is 2. The van der Waals surface area contributed by atoms with Gasteiger partial charge in [0.05, 0.1) is 6.61 Å². The molecule has 0 aromatic rings. The minimum Gasteiger partial charge on any atom is -0.481 e. The Kier molecular flexibility index (Phi) is 4.93. The number of fused-ring (bicyclic) bond motifs is 1. The molecule has 2 N–H and O–H groups in total. The molecule has 0 aliphatic carbocycles. The maximum atomic E-state index is 12.1. The fourth-order valence-corrected chi connectivity index (χ4v) is 3.70. The van der Waals surface area contributed by atoms with Gasteiger partial charge in [0.25, 0.3) is 0 Å². The van der Waals surface area contributed by atoms with Crippen LogP contribution in [0.25, 0.3) is 0 Å². The molecular formula is C13H22N2O4S. The number of likely N-dealkylation sites (tertiary alicyclic amines) is 2. The van der Waals surface area contributed by atoms with Gasteiger partial charge in [-0.3, -0.25) is 14.5 Å². The predicted octanol–water partition coefficient (Wildman–Crippen LogP) is -0.423. The number of β-amino-alcohol motifs (C(OH)–C–C–N with tert-alkyl or cyclic N) is 1. The van der Waals surface area contributed by atoms with Gasteiger partial charge < -0.3 is 15.1 Å². The SMILES string of the molecule is CSCCC(=O)N1C[C@H]2CN(CCO)C[C@@]2(C(=O)O)C1. The number of carboxylic acid groups (broad SMARTS) is 1. The molecule has 2 rings (SSSR count). The fraction of sp³-hybridized carbons (Fsp3) is 0.846. The Labute approximate surface area is 123 Å². The van der Waals surface area contributed by atoms with Gasteiger partial charge in [0, 0.05) is 50.8 Å². The molecule has 20 heavy (non-hydrogen) atoms. The molecule has 0 aromatic heterocycles. The Morgan fingerprint density at radius 1 is 1.35 bits per heavy atom. The molecule has 7 heteroatoms. The zero-order chi connectivity index (χ0) is 14.8. The highest BCUT2D eigenvalue weighted by atomic mass is 32.2. The average Bonchev–Trinajstić information content (AvgIpc) is 2.91. The molecule has 2 heterocycles. The molecule has 6 nitrogen and oxygen atoms in total. The van der Waals surface area contributed by atoms with Crippen LogP contribution in [0.4, 0.5) is 0 Å². The van der Waals surface area contributed by atoms with Crippen molar-refractivity contribution in [3.05, 3.63) is 0 Å². The van der Waals surface area contributed by atoms with Gasteiger partial charge in [-0.15, -0.1) is 0 Å². The van der Waals surface area contributed by atoms with Gasteiger partial charge in [-0.25, -0.2) is 0 Å². The highest BCUT2D eigenvalue weighted by Gasteiger charge is 2.58. The number of carboxylic acids is 1. The number of aliphatic carboxylic acids is 1. The molecule has 2 atom stereocenters. The van der Waals surface area contributed by atoms with Gasteiger partial charge in [0.2, 0.25) is 5.91 Å². The van der Waals surface area contributed by atoms with Crippen molar-refractivity contribution in [2.24, 2.45) is 11.3 Å². The van der Waals surface area contributed by atoms with Gasteiger partial charge in [0.15, 0.2) is 0 Å². The highest BCUT2D eigenvalue weighted by Crippen LogP contribution is 2.42. The minimum atomic E-state index is -0.843. The molecule has 2 aliphatic heterocycles. The van der Waals surface area contributed by atoms with Crippen molar-refractivity contribution in [2.75, 3.05) is 51.3 Å². The summed E-state index contributed by atoms with van der Waals surface area (Å²) in [6.07, 6.45) is 2.43. The number of hydrogen-bond acceptors (Lipinski definition) is 5. The number of rotatable bonds is 6. The van der Waals surface area contributed by atoms with Crippen molar-refractivity contribution < 1.29 is 19.8 Å². The van der Waals surface area contributed by atoms with E-state index in [-0.39, 0.29) is 18.4 Å². The van der Waals surface area contributed by atoms with Crippen molar-refractivity contribution in [3.63, 3.8) is 0 Å². The second-order valence-corrected chi connectivity index (χ2v) is 6.62. The molecule has 2 aliphatic rings. The second kappa shape index (κ2) is 6.32. The summed E-state index contributed by atoms with van der Waals surface area (Å²) in [6, 6.07) is 0. The predicted molar refractivity (Wildman–Crippen MR) is 76.7 cm³/mol. The molecule has 0 radical (unpaired) electrons. The molecule has 0 bridgehead atoms. The summed E-state index contributed by atoms with van der Waals surface area (Å²) in [6.45, 7) is 2.47. The van der Waals surface area contributed by atoms with Crippen LogP contribution in [-0.2, 0) is 9.59 Å². The van der Waals surface area contributed by atoms with E-state index in [1.807, 2.05) is 11.2 Å². The normalized spacial score (nSPS) is 29.7. The lowest BCUT2D eigenvalue weighted by molar-refractivity contribution is -0.149. The molecule has 2 fully saturated rings. The van der Waals surface area contributed by atoms with Crippen molar-refractivity contribution in [3.8, 4) is 0 Å². The third-order valence-corrected chi connectivity index (χ3v) is 5.01. The van der Waals surface area contributed by atoms with E-state index in [1.54, 1.807) is 16.7 Å². The molecule has 0 saturated carbocycles. The second-order valence-electron chi connectivity index (χ2n) is 5.63. The molecule has 2 saturated heterocycles. The summed E-state index contributed by atoms with van der Waals surface area (Å²) in [4.78, 5) is 27.5. The van der Waals surface area contributed by atoms with E-state index in [9.17, 15) is 14.7 Å². The lowest BCUT2D eigenvalue weighted by Gasteiger charge is -2.25. The zero-order valence-electron chi connectivity index (χ0n) is 11.7. The van der Waals surface area contributed by atoms with Gasteiger partial charge in [-0.1, -0.05) is 0 Å². The van der Waals surface area contributed by atoms with Gasteiger partial charge in [0.1, 0.15) is 5.41 Å². The number of carbonyl (C=O) groups is 2. The Morgan fingerprint density at radius 2 is 2.10 bits per heavy atom. The molecule has 0 aromatic carbocycles. The quantitative estimate of drug-likeness (QED) is 0.693. The van der Waals surface area contributed by atoms with Gasteiger partial charge >= 0.3 is 5.97 Å². The van der Waals surface area contributed by atoms with Crippen molar-refractivity contribution in [2.45, 2.75) is 6.42 Å². The summed E-state index contributed by atoms with van der Waals surface area (Å²) in [7, 11) is 0.